The van der Waals surface area contributed by atoms with Gasteiger partial charge in [-0.3, -0.25) is 4.79 Å². The zero-order valence-electron chi connectivity index (χ0n) is 22.4. The van der Waals surface area contributed by atoms with E-state index in [2.05, 4.69) is 41.6 Å². The highest BCUT2D eigenvalue weighted by molar-refractivity contribution is 5.75. The number of carbonyl (C=O) groups is 1. The largest absolute Gasteiger partial charge is 0.496 e. The number of nitrogens with zero attached hydrogens (tertiary/aromatic N) is 1. The number of hydrogen-bond acceptors (Lipinski definition) is 6. The molecular weight excluding hydrogens is 454 g/mol. The van der Waals surface area contributed by atoms with Crippen LogP contribution in [0, 0.1) is 6.92 Å². The number of unbranched alkanes of at least 4 members (excludes halogenated alkanes) is 1. The van der Waals surface area contributed by atoms with Crippen LogP contribution in [0.15, 0.2) is 36.4 Å². The van der Waals surface area contributed by atoms with Crippen LogP contribution in [0.25, 0.3) is 0 Å². The first-order chi connectivity index (χ1) is 17.5. The maximum atomic E-state index is 12.1. The molecule has 1 heterocycles. The molecule has 36 heavy (non-hydrogen) atoms. The Morgan fingerprint density at radius 2 is 1.78 bits per heavy atom. The van der Waals surface area contributed by atoms with E-state index in [0.29, 0.717) is 37.9 Å². The molecule has 1 aliphatic rings. The fourth-order valence-corrected chi connectivity index (χ4v) is 4.62. The highest BCUT2D eigenvalue weighted by atomic mass is 16.5. The molecular formula is C29H43N3O4. The lowest BCUT2D eigenvalue weighted by Crippen LogP contribution is -2.29. The molecule has 0 bridgehead atoms. The van der Waals surface area contributed by atoms with Crippen molar-refractivity contribution < 1.29 is 19.0 Å². The highest BCUT2D eigenvalue weighted by Crippen LogP contribution is 2.34. The van der Waals surface area contributed by atoms with Crippen LogP contribution in [-0.4, -0.2) is 57.8 Å². The number of rotatable bonds is 15. The van der Waals surface area contributed by atoms with Crippen molar-refractivity contribution in [3.05, 3.63) is 53.1 Å². The number of amides is 1. The molecule has 0 saturated carbocycles. The summed E-state index contributed by atoms with van der Waals surface area (Å²) in [5.41, 5.74) is 3.33. The van der Waals surface area contributed by atoms with E-state index in [1.807, 2.05) is 24.3 Å². The number of nitrogens with one attached hydrogen (secondary N) is 2. The molecule has 2 aromatic rings. The minimum atomic E-state index is 0.0651. The maximum Gasteiger partial charge on any atom is 0.220 e. The molecule has 7 heteroatoms. The second-order valence-corrected chi connectivity index (χ2v) is 9.62. The summed E-state index contributed by atoms with van der Waals surface area (Å²) in [7, 11) is 5.55. The van der Waals surface area contributed by atoms with Crippen molar-refractivity contribution in [2.75, 3.05) is 41.0 Å². The van der Waals surface area contributed by atoms with Gasteiger partial charge in [-0.05, 0) is 64.7 Å². The fraction of sp³-hybridized carbons (Fsp3) is 0.552. The van der Waals surface area contributed by atoms with Gasteiger partial charge in [0.05, 0.1) is 26.4 Å². The van der Waals surface area contributed by atoms with E-state index < -0.39 is 0 Å². The normalized spacial score (nSPS) is 15.6. The van der Waals surface area contributed by atoms with E-state index in [1.165, 1.54) is 24.9 Å². The summed E-state index contributed by atoms with van der Waals surface area (Å²) < 4.78 is 17.2. The first-order valence-corrected chi connectivity index (χ1v) is 13.1. The van der Waals surface area contributed by atoms with Crippen molar-refractivity contribution in [1.82, 2.24) is 15.5 Å². The molecule has 1 saturated heterocycles. The van der Waals surface area contributed by atoms with Crippen molar-refractivity contribution >= 4 is 5.91 Å². The SMILES string of the molecule is COc1cc(OCCCCC(=O)NCc2ccc(C)cc2)cc(OC)c1CNCCC1CCCN1C. The second kappa shape index (κ2) is 14.7. The van der Waals surface area contributed by atoms with Crippen molar-refractivity contribution in [3.8, 4) is 17.2 Å². The smallest absolute Gasteiger partial charge is 0.220 e. The molecule has 0 spiro atoms. The first-order valence-electron chi connectivity index (χ1n) is 13.1. The van der Waals surface area contributed by atoms with Crippen molar-refractivity contribution in [1.29, 1.82) is 0 Å². The summed E-state index contributed by atoms with van der Waals surface area (Å²) in [6.07, 6.45) is 5.78. The lowest BCUT2D eigenvalue weighted by molar-refractivity contribution is -0.121. The topological polar surface area (TPSA) is 72.1 Å². The lowest BCUT2D eigenvalue weighted by atomic mass is 10.1. The van der Waals surface area contributed by atoms with E-state index in [1.54, 1.807) is 14.2 Å². The molecule has 1 aliphatic heterocycles. The Morgan fingerprint density at radius 3 is 2.42 bits per heavy atom. The van der Waals surface area contributed by atoms with E-state index in [4.69, 9.17) is 14.2 Å². The van der Waals surface area contributed by atoms with Gasteiger partial charge in [0.15, 0.2) is 0 Å². The average molecular weight is 498 g/mol. The van der Waals surface area contributed by atoms with Gasteiger partial charge in [-0.2, -0.15) is 0 Å². The third-order valence-electron chi connectivity index (χ3n) is 6.89. The zero-order valence-corrected chi connectivity index (χ0v) is 22.4. The highest BCUT2D eigenvalue weighted by Gasteiger charge is 2.20. The fourth-order valence-electron chi connectivity index (χ4n) is 4.62. The molecule has 198 valence electrons. The van der Waals surface area contributed by atoms with Crippen LogP contribution < -0.4 is 24.8 Å². The van der Waals surface area contributed by atoms with E-state index in [9.17, 15) is 4.79 Å². The standard InChI is InChI=1S/C29H43N3O4/c1-22-10-12-23(13-11-22)20-31-29(33)9-5-6-17-36-25-18-27(34-3)26(28(19-25)35-4)21-30-15-14-24-8-7-16-32(24)2/h10-13,18-19,24,30H,5-9,14-17,20-21H2,1-4H3,(H,31,33). The molecule has 1 atom stereocenters. The molecule has 2 N–H and O–H groups in total. The Bertz CT molecular complexity index is 923. The van der Waals surface area contributed by atoms with Crippen LogP contribution >= 0.6 is 0 Å². The van der Waals surface area contributed by atoms with Crippen molar-refractivity contribution in [2.24, 2.45) is 0 Å². The van der Waals surface area contributed by atoms with E-state index >= 15 is 0 Å². The molecule has 1 amide bonds. The van der Waals surface area contributed by atoms with Crippen LogP contribution in [0.5, 0.6) is 17.2 Å². The summed E-state index contributed by atoms with van der Waals surface area (Å²) >= 11 is 0. The molecule has 3 rings (SSSR count). The summed E-state index contributed by atoms with van der Waals surface area (Å²) in [5, 5.41) is 6.53. The Labute approximate surface area is 216 Å². The Kier molecular flexibility index (Phi) is 11.4. The van der Waals surface area contributed by atoms with Crippen molar-refractivity contribution in [2.45, 2.75) is 64.6 Å². The van der Waals surface area contributed by atoms with Crippen LogP contribution in [0.4, 0.5) is 0 Å². The molecule has 0 aromatic heterocycles. The van der Waals surface area contributed by atoms with Gasteiger partial charge in [-0.15, -0.1) is 0 Å². The van der Waals surface area contributed by atoms with Gasteiger partial charge >= 0.3 is 0 Å². The summed E-state index contributed by atoms with van der Waals surface area (Å²) in [5.74, 6) is 2.29. The van der Waals surface area contributed by atoms with Gasteiger partial charge in [0.2, 0.25) is 5.91 Å². The third kappa shape index (κ3) is 8.71. The second-order valence-electron chi connectivity index (χ2n) is 9.62. The Hall–Kier alpha value is -2.77. The number of carbonyl (C=O) groups excluding carboxylic acids is 1. The number of aryl methyl sites for hydroxylation is 1. The summed E-state index contributed by atoms with van der Waals surface area (Å²) in [4.78, 5) is 14.6. The van der Waals surface area contributed by atoms with Crippen molar-refractivity contribution in [3.63, 3.8) is 0 Å². The zero-order chi connectivity index (χ0) is 25.8. The maximum absolute atomic E-state index is 12.1. The van der Waals surface area contributed by atoms with Crippen LogP contribution in [0.1, 0.15) is 55.2 Å². The number of benzene rings is 2. The Morgan fingerprint density at radius 1 is 1.06 bits per heavy atom. The summed E-state index contributed by atoms with van der Waals surface area (Å²) in [6, 6.07) is 12.7. The molecule has 0 aliphatic carbocycles. The minimum Gasteiger partial charge on any atom is -0.496 e. The number of methoxy groups -OCH3 is 2. The monoisotopic (exact) mass is 497 g/mol. The van der Waals surface area contributed by atoms with Crippen LogP contribution in [0.3, 0.4) is 0 Å². The predicted molar refractivity (Wildman–Crippen MR) is 144 cm³/mol. The van der Waals surface area contributed by atoms with Crippen LogP contribution in [-0.2, 0) is 17.9 Å². The minimum absolute atomic E-state index is 0.0651. The molecule has 2 aromatic carbocycles. The van der Waals surface area contributed by atoms with E-state index in [-0.39, 0.29) is 5.91 Å². The lowest BCUT2D eigenvalue weighted by Gasteiger charge is -2.20. The van der Waals surface area contributed by atoms with Gasteiger partial charge < -0.3 is 29.7 Å². The molecule has 0 radical (unpaired) electrons. The van der Waals surface area contributed by atoms with Gasteiger partial charge in [0.25, 0.3) is 0 Å². The molecule has 1 fully saturated rings. The van der Waals surface area contributed by atoms with Gasteiger partial charge in [-0.1, -0.05) is 29.8 Å². The van der Waals surface area contributed by atoms with Gasteiger partial charge in [0.1, 0.15) is 17.2 Å². The van der Waals surface area contributed by atoms with Gasteiger partial charge in [-0.25, -0.2) is 0 Å². The number of ether oxygens (including phenoxy) is 3. The average Bonchev–Trinajstić information content (AvgIpc) is 3.30. The first kappa shape index (κ1) is 27.8. The molecule has 7 nitrogen and oxygen atoms in total. The van der Waals surface area contributed by atoms with Gasteiger partial charge in [0, 0.05) is 37.7 Å². The predicted octanol–water partition coefficient (Wildman–Crippen LogP) is 4.45. The summed E-state index contributed by atoms with van der Waals surface area (Å²) in [6.45, 7) is 5.99. The van der Waals surface area contributed by atoms with E-state index in [0.717, 1.165) is 48.4 Å². The Balaban J connectivity index is 1.38. The number of hydrogen-bond donors (Lipinski definition) is 2. The molecule has 1 unspecified atom stereocenters. The third-order valence-corrected chi connectivity index (χ3v) is 6.89. The van der Waals surface area contributed by atoms with Crippen LogP contribution in [0.2, 0.25) is 0 Å². The number of likely N-dealkylation sites (tertiary alicyclic amines) is 1. The quantitative estimate of drug-likeness (QED) is 0.354.